The Morgan fingerprint density at radius 1 is 1.77 bits per heavy atom. The first-order valence-corrected chi connectivity index (χ1v) is 4.65. The smallest absolute Gasteiger partial charge is 0.307 e. The van der Waals surface area contributed by atoms with E-state index >= 15 is 0 Å². The molecule has 4 heteroatoms. The standard InChI is InChI=1S/C9H18N2O2/c1-7-5-9(10,3-4-11-7)6-8(12)13-2/h7,11H,3-6,10H2,1-2H3. The number of hydrogen-bond acceptors (Lipinski definition) is 4. The van der Waals surface area contributed by atoms with Gasteiger partial charge in [-0.05, 0) is 26.3 Å². The van der Waals surface area contributed by atoms with E-state index in [1.165, 1.54) is 7.11 Å². The molecule has 0 amide bonds. The second-order valence-electron chi connectivity index (χ2n) is 3.92. The number of carbonyl (C=O) groups is 1. The van der Waals surface area contributed by atoms with E-state index in [1.54, 1.807) is 0 Å². The Morgan fingerprint density at radius 3 is 3.00 bits per heavy atom. The summed E-state index contributed by atoms with van der Waals surface area (Å²) in [6, 6.07) is 0.392. The monoisotopic (exact) mass is 186 g/mol. The topological polar surface area (TPSA) is 64.3 Å². The number of nitrogens with one attached hydrogen (secondary N) is 1. The van der Waals surface area contributed by atoms with Gasteiger partial charge in [0.2, 0.25) is 0 Å². The lowest BCUT2D eigenvalue weighted by Gasteiger charge is -2.36. The van der Waals surface area contributed by atoms with Crippen LogP contribution >= 0.6 is 0 Å². The van der Waals surface area contributed by atoms with Crippen LogP contribution in [0.15, 0.2) is 0 Å². The molecule has 4 nitrogen and oxygen atoms in total. The Labute approximate surface area is 78.8 Å². The molecular weight excluding hydrogens is 168 g/mol. The average molecular weight is 186 g/mol. The molecule has 2 atom stereocenters. The minimum absolute atomic E-state index is 0.211. The number of hydrogen-bond donors (Lipinski definition) is 2. The number of nitrogens with two attached hydrogens (primary N) is 1. The van der Waals surface area contributed by atoms with Crippen molar-refractivity contribution in [1.29, 1.82) is 0 Å². The minimum atomic E-state index is -0.363. The van der Waals surface area contributed by atoms with Gasteiger partial charge in [0.25, 0.3) is 0 Å². The lowest BCUT2D eigenvalue weighted by Crippen LogP contribution is -2.53. The summed E-state index contributed by atoms with van der Waals surface area (Å²) < 4.78 is 4.61. The molecule has 0 spiro atoms. The zero-order valence-corrected chi connectivity index (χ0v) is 8.30. The normalized spacial score (nSPS) is 34.2. The molecule has 1 saturated heterocycles. The maximum Gasteiger partial charge on any atom is 0.307 e. The third kappa shape index (κ3) is 2.97. The molecule has 1 rings (SSSR count). The summed E-state index contributed by atoms with van der Waals surface area (Å²) in [6.07, 6.45) is 2.00. The number of esters is 1. The Kier molecular flexibility index (Phi) is 3.27. The largest absolute Gasteiger partial charge is 0.469 e. The number of piperidine rings is 1. The Hall–Kier alpha value is -0.610. The molecule has 2 unspecified atom stereocenters. The first kappa shape index (κ1) is 10.5. The van der Waals surface area contributed by atoms with Gasteiger partial charge in [0, 0.05) is 11.6 Å². The molecule has 0 aromatic carbocycles. The van der Waals surface area contributed by atoms with E-state index in [-0.39, 0.29) is 11.5 Å². The van der Waals surface area contributed by atoms with E-state index in [0.717, 1.165) is 19.4 Å². The first-order valence-electron chi connectivity index (χ1n) is 4.65. The van der Waals surface area contributed by atoms with Crippen LogP contribution in [-0.2, 0) is 9.53 Å². The van der Waals surface area contributed by atoms with Crippen LogP contribution in [0, 0.1) is 0 Å². The van der Waals surface area contributed by atoms with Gasteiger partial charge in [-0.15, -0.1) is 0 Å². The van der Waals surface area contributed by atoms with Gasteiger partial charge in [0.1, 0.15) is 0 Å². The third-order valence-electron chi connectivity index (χ3n) is 2.55. The lowest BCUT2D eigenvalue weighted by molar-refractivity contribution is -0.142. The molecule has 1 aliphatic heterocycles. The summed E-state index contributed by atoms with van der Waals surface area (Å²) in [4.78, 5) is 11.1. The average Bonchev–Trinajstić information content (AvgIpc) is 2.02. The highest BCUT2D eigenvalue weighted by Crippen LogP contribution is 2.22. The Morgan fingerprint density at radius 2 is 2.46 bits per heavy atom. The molecule has 13 heavy (non-hydrogen) atoms. The van der Waals surface area contributed by atoms with Crippen molar-refractivity contribution in [2.45, 2.75) is 37.8 Å². The van der Waals surface area contributed by atoms with Gasteiger partial charge in [-0.3, -0.25) is 4.79 Å². The van der Waals surface area contributed by atoms with E-state index in [1.807, 2.05) is 0 Å². The highest BCUT2D eigenvalue weighted by atomic mass is 16.5. The number of ether oxygens (including phenoxy) is 1. The van der Waals surface area contributed by atoms with Crippen LogP contribution in [-0.4, -0.2) is 31.2 Å². The van der Waals surface area contributed by atoms with Crippen molar-refractivity contribution in [3.05, 3.63) is 0 Å². The minimum Gasteiger partial charge on any atom is -0.469 e. The third-order valence-corrected chi connectivity index (χ3v) is 2.55. The fourth-order valence-electron chi connectivity index (χ4n) is 1.87. The lowest BCUT2D eigenvalue weighted by atomic mass is 9.83. The van der Waals surface area contributed by atoms with Crippen LogP contribution in [0.5, 0.6) is 0 Å². The van der Waals surface area contributed by atoms with Crippen LogP contribution in [0.1, 0.15) is 26.2 Å². The van der Waals surface area contributed by atoms with Crippen LogP contribution in [0.2, 0.25) is 0 Å². The second-order valence-corrected chi connectivity index (χ2v) is 3.92. The fourth-order valence-corrected chi connectivity index (χ4v) is 1.87. The van der Waals surface area contributed by atoms with Crippen LogP contribution in [0.4, 0.5) is 0 Å². The van der Waals surface area contributed by atoms with Gasteiger partial charge < -0.3 is 15.8 Å². The van der Waals surface area contributed by atoms with E-state index in [9.17, 15) is 4.79 Å². The van der Waals surface area contributed by atoms with Crippen molar-refractivity contribution >= 4 is 5.97 Å². The highest BCUT2D eigenvalue weighted by Gasteiger charge is 2.33. The van der Waals surface area contributed by atoms with Crippen molar-refractivity contribution < 1.29 is 9.53 Å². The zero-order valence-electron chi connectivity index (χ0n) is 8.30. The molecule has 0 bridgehead atoms. The summed E-state index contributed by atoms with van der Waals surface area (Å²) in [5.41, 5.74) is 5.72. The van der Waals surface area contributed by atoms with Crippen molar-refractivity contribution in [3.63, 3.8) is 0 Å². The van der Waals surface area contributed by atoms with Crippen LogP contribution in [0.3, 0.4) is 0 Å². The molecule has 0 aliphatic carbocycles. The van der Waals surface area contributed by atoms with Gasteiger partial charge in [-0.2, -0.15) is 0 Å². The summed E-state index contributed by atoms with van der Waals surface area (Å²) in [6.45, 7) is 2.96. The SMILES string of the molecule is COC(=O)CC1(N)CCNC(C)C1. The van der Waals surface area contributed by atoms with Gasteiger partial charge in [0.15, 0.2) is 0 Å². The summed E-state index contributed by atoms with van der Waals surface area (Å²) in [7, 11) is 1.40. The predicted octanol–water partition coefficient (Wildman–Crippen LogP) is 0.0189. The molecule has 1 heterocycles. The molecule has 0 aromatic heterocycles. The molecule has 0 saturated carbocycles. The molecule has 0 aromatic rings. The maximum absolute atomic E-state index is 11.1. The van der Waals surface area contributed by atoms with E-state index in [2.05, 4.69) is 17.0 Å². The Balaban J connectivity index is 2.49. The molecule has 1 aliphatic rings. The van der Waals surface area contributed by atoms with Crippen LogP contribution in [0.25, 0.3) is 0 Å². The molecular formula is C9H18N2O2. The van der Waals surface area contributed by atoms with Crippen molar-refractivity contribution in [2.24, 2.45) is 5.73 Å². The predicted molar refractivity (Wildman–Crippen MR) is 50.3 cm³/mol. The van der Waals surface area contributed by atoms with E-state index in [0.29, 0.717) is 12.5 Å². The number of methoxy groups -OCH3 is 1. The summed E-state index contributed by atoms with van der Waals surface area (Å²) >= 11 is 0. The fraction of sp³-hybridized carbons (Fsp3) is 0.889. The number of rotatable bonds is 2. The summed E-state index contributed by atoms with van der Waals surface area (Å²) in [5, 5.41) is 3.30. The zero-order chi connectivity index (χ0) is 9.90. The highest BCUT2D eigenvalue weighted by molar-refractivity contribution is 5.70. The molecule has 3 N–H and O–H groups in total. The van der Waals surface area contributed by atoms with Gasteiger partial charge >= 0.3 is 5.97 Å². The molecule has 76 valence electrons. The Bertz CT molecular complexity index is 196. The molecule has 0 radical (unpaired) electrons. The van der Waals surface area contributed by atoms with Crippen molar-refractivity contribution in [2.75, 3.05) is 13.7 Å². The van der Waals surface area contributed by atoms with Crippen molar-refractivity contribution in [1.82, 2.24) is 5.32 Å². The van der Waals surface area contributed by atoms with Gasteiger partial charge in [0.05, 0.1) is 13.5 Å². The number of carbonyl (C=O) groups excluding carboxylic acids is 1. The first-order chi connectivity index (χ1) is 6.06. The quantitative estimate of drug-likeness (QED) is 0.597. The van der Waals surface area contributed by atoms with Gasteiger partial charge in [-0.25, -0.2) is 0 Å². The van der Waals surface area contributed by atoms with E-state index < -0.39 is 0 Å². The van der Waals surface area contributed by atoms with E-state index in [4.69, 9.17) is 5.73 Å². The second kappa shape index (κ2) is 4.07. The molecule has 1 fully saturated rings. The summed E-state index contributed by atoms with van der Waals surface area (Å²) in [5.74, 6) is -0.211. The van der Waals surface area contributed by atoms with Crippen molar-refractivity contribution in [3.8, 4) is 0 Å². The maximum atomic E-state index is 11.1. The van der Waals surface area contributed by atoms with Crippen LogP contribution < -0.4 is 11.1 Å². The van der Waals surface area contributed by atoms with Gasteiger partial charge in [-0.1, -0.05) is 0 Å².